The van der Waals surface area contributed by atoms with E-state index in [2.05, 4.69) is 0 Å². The van der Waals surface area contributed by atoms with Crippen molar-refractivity contribution in [2.75, 3.05) is 0 Å². The summed E-state index contributed by atoms with van der Waals surface area (Å²) in [5.74, 6) is 0. The van der Waals surface area contributed by atoms with Gasteiger partial charge < -0.3 is 0 Å². The topological polar surface area (TPSA) is 23.8 Å². The molecular formula is C8H8NW-. The number of hydrogen-bond acceptors (Lipinski definition) is 1. The molecule has 0 aromatic carbocycles. The van der Waals surface area contributed by atoms with E-state index in [1.807, 2.05) is 19.9 Å². The maximum atomic E-state index is 8.31. The molecule has 0 aliphatic heterocycles. The Kier molecular flexibility index (Phi) is 4.15. The summed E-state index contributed by atoms with van der Waals surface area (Å²) in [6, 6.07) is 1.86. The van der Waals surface area contributed by atoms with Crippen molar-refractivity contribution >= 4 is 3.90 Å². The number of rotatable bonds is 2. The summed E-state index contributed by atoms with van der Waals surface area (Å²) in [6.07, 6.45) is 1.70. The summed E-state index contributed by atoms with van der Waals surface area (Å²) in [7, 11) is 0. The second kappa shape index (κ2) is 4.36. The van der Waals surface area contributed by atoms with Crippen LogP contribution >= 0.6 is 0 Å². The third-order valence-electron chi connectivity index (χ3n) is 1.06. The zero-order chi connectivity index (χ0) is 8.15. The molecule has 0 rings (SSSR count). The minimum atomic E-state index is 0.276. The van der Waals surface area contributed by atoms with E-state index in [4.69, 9.17) is 11.8 Å². The van der Waals surface area contributed by atoms with Crippen LogP contribution in [0.15, 0.2) is 17.2 Å². The van der Waals surface area contributed by atoms with Gasteiger partial charge in [-0.15, -0.1) is 0 Å². The van der Waals surface area contributed by atoms with Gasteiger partial charge in [-0.05, 0) is 0 Å². The molecule has 0 aliphatic rings. The zero-order valence-corrected chi connectivity index (χ0v) is 8.94. The van der Waals surface area contributed by atoms with Crippen molar-refractivity contribution in [1.29, 1.82) is 5.26 Å². The van der Waals surface area contributed by atoms with Gasteiger partial charge in [-0.1, -0.05) is 0 Å². The van der Waals surface area contributed by atoms with Gasteiger partial charge in [0.25, 0.3) is 0 Å². The molecule has 0 aliphatic carbocycles. The van der Waals surface area contributed by atoms with Crippen LogP contribution in [0.2, 0.25) is 0 Å². The van der Waals surface area contributed by atoms with Crippen molar-refractivity contribution in [3.63, 3.8) is 0 Å². The Labute approximate surface area is 72.5 Å². The summed E-state index contributed by atoms with van der Waals surface area (Å²) >= 11 is 1.41. The number of nitriles is 1. The number of nitrogens with zero attached hydrogens (tertiary/aromatic N) is 1. The molecule has 0 aromatic heterocycles. The summed E-state index contributed by atoms with van der Waals surface area (Å²) < 4.78 is 1.26. The third-order valence-corrected chi connectivity index (χ3v) is 2.21. The van der Waals surface area contributed by atoms with Gasteiger partial charge in [0.2, 0.25) is 0 Å². The molecule has 0 aromatic rings. The first-order chi connectivity index (χ1) is 4.57. The molecule has 0 saturated heterocycles. The maximum absolute atomic E-state index is 8.31. The summed E-state index contributed by atoms with van der Waals surface area (Å²) in [6.45, 7) is 9.26. The van der Waals surface area contributed by atoms with Gasteiger partial charge in [0.1, 0.15) is 0 Å². The van der Waals surface area contributed by atoms with Crippen LogP contribution in [0.1, 0.15) is 13.8 Å². The Morgan fingerprint density at radius 3 is 2.40 bits per heavy atom. The van der Waals surface area contributed by atoms with E-state index in [-0.39, 0.29) is 5.57 Å². The molecule has 1 nitrogen and oxygen atoms in total. The molecule has 0 fully saturated rings. The zero-order valence-electron chi connectivity index (χ0n) is 6.01. The van der Waals surface area contributed by atoms with Crippen LogP contribution in [0.3, 0.4) is 0 Å². The van der Waals surface area contributed by atoms with Crippen LogP contribution in [-0.2, 0) is 19.4 Å². The van der Waals surface area contributed by atoms with Gasteiger partial charge >= 0.3 is 72.2 Å². The number of hydrogen-bond donors (Lipinski definition) is 0. The van der Waals surface area contributed by atoms with E-state index >= 15 is 0 Å². The van der Waals surface area contributed by atoms with E-state index in [0.717, 1.165) is 5.57 Å². The fourth-order valence-electron chi connectivity index (χ4n) is 0.367. The summed E-state index contributed by atoms with van der Waals surface area (Å²) in [4.78, 5) is 0. The van der Waals surface area contributed by atoms with Gasteiger partial charge in [-0.25, -0.2) is 0 Å². The third kappa shape index (κ3) is 3.53. The molecule has 10 heavy (non-hydrogen) atoms. The van der Waals surface area contributed by atoms with Crippen molar-refractivity contribution in [2.45, 2.75) is 13.8 Å². The molecule has 0 amide bonds. The molecule has 0 saturated carbocycles. The van der Waals surface area contributed by atoms with Gasteiger partial charge in [-0.3, -0.25) is 0 Å². The van der Waals surface area contributed by atoms with E-state index in [1.165, 1.54) is 23.3 Å². The molecule has 0 atom stereocenters. The van der Waals surface area contributed by atoms with Crippen molar-refractivity contribution < 1.29 is 19.4 Å². The first kappa shape index (κ1) is 9.53. The van der Waals surface area contributed by atoms with E-state index < -0.39 is 0 Å². The SMILES string of the molecule is [CH-]=C(C#N)/C=C(/C)[C](C)=[W]. The van der Waals surface area contributed by atoms with Gasteiger partial charge in [0.15, 0.2) is 0 Å². The monoisotopic (exact) mass is 302 g/mol. The van der Waals surface area contributed by atoms with Crippen molar-refractivity contribution in [1.82, 2.24) is 0 Å². The van der Waals surface area contributed by atoms with Crippen LogP contribution in [0.5, 0.6) is 0 Å². The second-order valence-electron chi connectivity index (χ2n) is 1.95. The van der Waals surface area contributed by atoms with Crippen molar-refractivity contribution in [3.05, 3.63) is 23.8 Å². The van der Waals surface area contributed by atoms with Gasteiger partial charge in [-0.2, -0.15) is 0 Å². The first-order valence-electron chi connectivity index (χ1n) is 2.79. The Morgan fingerprint density at radius 2 is 2.10 bits per heavy atom. The predicted molar refractivity (Wildman–Crippen MR) is 37.9 cm³/mol. The molecular weight excluding hydrogens is 294 g/mol. The average molecular weight is 302 g/mol. The first-order valence-corrected chi connectivity index (χ1v) is 4.26. The van der Waals surface area contributed by atoms with Crippen LogP contribution in [-0.4, -0.2) is 3.90 Å². The van der Waals surface area contributed by atoms with E-state index in [9.17, 15) is 0 Å². The standard InChI is InChI=1S/C8H8N.W/c1-4-7(2)5-8(3)6-9;/h3,5H,1-2H3;/q-1;/b7-5-;. The quantitative estimate of drug-likeness (QED) is 0.431. The molecule has 52 valence electrons. The summed E-state index contributed by atoms with van der Waals surface area (Å²) in [5, 5.41) is 8.31. The average Bonchev–Trinajstić information content (AvgIpc) is 1.87. The fourth-order valence-corrected chi connectivity index (χ4v) is 0.579. The Bertz CT molecular complexity index is 230. The van der Waals surface area contributed by atoms with Crippen LogP contribution in [0, 0.1) is 17.9 Å². The number of allylic oxidation sites excluding steroid dienone is 3. The van der Waals surface area contributed by atoms with Crippen LogP contribution in [0.25, 0.3) is 0 Å². The van der Waals surface area contributed by atoms with Crippen molar-refractivity contribution in [3.8, 4) is 6.07 Å². The minimum absolute atomic E-state index is 0.276. The normalized spacial score (nSPS) is 10.3. The van der Waals surface area contributed by atoms with E-state index in [0.29, 0.717) is 0 Å². The molecule has 0 N–H and O–H groups in total. The molecule has 2 heteroatoms. The second-order valence-corrected chi connectivity index (χ2v) is 4.15. The predicted octanol–water partition coefficient (Wildman–Crippen LogP) is 1.55. The molecule has 0 unspecified atom stereocenters. The Hall–Kier alpha value is -0.472. The van der Waals surface area contributed by atoms with Crippen LogP contribution in [0.4, 0.5) is 0 Å². The fraction of sp³-hybridized carbons (Fsp3) is 0.250. The van der Waals surface area contributed by atoms with Gasteiger partial charge in [0.05, 0.1) is 0 Å². The van der Waals surface area contributed by atoms with Gasteiger partial charge in [0, 0.05) is 0 Å². The van der Waals surface area contributed by atoms with Crippen molar-refractivity contribution in [2.24, 2.45) is 0 Å². The Balaban J connectivity index is 4.35. The van der Waals surface area contributed by atoms with Crippen LogP contribution < -0.4 is 0 Å². The Morgan fingerprint density at radius 1 is 1.60 bits per heavy atom. The molecule has 0 radical (unpaired) electrons. The van der Waals surface area contributed by atoms with E-state index in [1.54, 1.807) is 6.08 Å². The molecule has 0 heterocycles. The molecule has 0 spiro atoms. The summed E-state index contributed by atoms with van der Waals surface area (Å²) in [5.41, 5.74) is 1.37. The molecule has 0 bridgehead atoms.